The summed E-state index contributed by atoms with van der Waals surface area (Å²) in [5, 5.41) is 23.4. The Labute approximate surface area is 145 Å². The van der Waals surface area contributed by atoms with Gasteiger partial charge in [-0.2, -0.15) is 0 Å². The molecule has 0 aliphatic heterocycles. The van der Waals surface area contributed by atoms with Gasteiger partial charge in [0, 0.05) is 0 Å². The molecule has 0 radical (unpaired) electrons. The maximum absolute atomic E-state index is 12.1. The van der Waals surface area contributed by atoms with Gasteiger partial charge in [-0.3, -0.25) is 9.59 Å². The monoisotopic (exact) mass is 353 g/mol. The molecule has 6 N–H and O–H groups in total. The van der Waals surface area contributed by atoms with Crippen molar-refractivity contribution in [1.29, 1.82) is 0 Å². The van der Waals surface area contributed by atoms with E-state index in [1.165, 1.54) is 6.92 Å². The molecule has 25 heavy (non-hydrogen) atoms. The van der Waals surface area contributed by atoms with Crippen molar-refractivity contribution >= 4 is 17.8 Å². The third-order valence-corrected chi connectivity index (χ3v) is 3.27. The number of hydrogen-bond donors (Lipinski definition) is 5. The molecule has 0 aliphatic carbocycles. The number of hydrogen-bond acceptors (Lipinski definition) is 7. The van der Waals surface area contributed by atoms with Gasteiger partial charge in [0.25, 0.3) is 0 Å². The van der Waals surface area contributed by atoms with Crippen LogP contribution in [0.25, 0.3) is 0 Å². The summed E-state index contributed by atoms with van der Waals surface area (Å²) < 4.78 is 5.04. The molecule has 1 rings (SSSR count). The number of aliphatic hydroxyl groups excluding tert-OH is 2. The van der Waals surface area contributed by atoms with Crippen LogP contribution in [0, 0.1) is 0 Å². The second-order valence-electron chi connectivity index (χ2n) is 5.33. The van der Waals surface area contributed by atoms with Crippen LogP contribution >= 0.6 is 0 Å². The largest absolute Gasteiger partial charge is 0.459 e. The lowest BCUT2D eigenvalue weighted by atomic mass is 10.1. The van der Waals surface area contributed by atoms with Crippen LogP contribution in [-0.4, -0.2) is 59.3 Å². The molecule has 0 unspecified atom stereocenters. The number of benzene rings is 1. The summed E-state index contributed by atoms with van der Waals surface area (Å²) in [4.78, 5) is 35.4. The van der Waals surface area contributed by atoms with E-state index in [1.807, 2.05) is 6.07 Å². The zero-order chi connectivity index (χ0) is 18.8. The van der Waals surface area contributed by atoms with E-state index in [-0.39, 0.29) is 13.2 Å². The minimum absolute atomic E-state index is 0.0181. The first kappa shape index (κ1) is 20.6. The lowest BCUT2D eigenvalue weighted by Gasteiger charge is -2.23. The highest BCUT2D eigenvalue weighted by Gasteiger charge is 2.29. The predicted molar refractivity (Wildman–Crippen MR) is 87.9 cm³/mol. The summed E-state index contributed by atoms with van der Waals surface area (Å²) in [6.45, 7) is 0.217. The Balaban J connectivity index is 2.63. The number of ether oxygens (including phenoxy) is 1. The van der Waals surface area contributed by atoms with Gasteiger partial charge in [-0.05, 0) is 12.5 Å². The van der Waals surface area contributed by atoms with E-state index in [0.29, 0.717) is 0 Å². The molecule has 1 aromatic carbocycles. The molecule has 138 valence electrons. The highest BCUT2D eigenvalue weighted by Crippen LogP contribution is 2.02. The topological polar surface area (TPSA) is 151 Å². The normalized spacial score (nSPS) is 14.1. The van der Waals surface area contributed by atoms with E-state index in [2.05, 4.69) is 10.6 Å². The number of rotatable bonds is 9. The smallest absolute Gasteiger partial charge is 0.331 e. The standard InChI is InChI=1S/C16H23N3O6/c1-10(21)14(19-13(22)7-17)15(23)18-12(8-20)16(24)25-9-11-5-3-2-4-6-11/h2-6,10,12,14,20-21H,7-9,17H2,1H3,(H,18,23)(H,19,22)/t10-,12+,14+/m1/s1. The number of carbonyl (C=O) groups excluding carboxylic acids is 3. The fraction of sp³-hybridized carbons (Fsp3) is 0.438. The van der Waals surface area contributed by atoms with Crippen molar-refractivity contribution in [2.24, 2.45) is 5.73 Å². The predicted octanol–water partition coefficient (Wildman–Crippen LogP) is -1.97. The summed E-state index contributed by atoms with van der Waals surface area (Å²) >= 11 is 0. The van der Waals surface area contributed by atoms with Crippen molar-refractivity contribution in [1.82, 2.24) is 10.6 Å². The Morgan fingerprint density at radius 2 is 1.84 bits per heavy atom. The van der Waals surface area contributed by atoms with Crippen molar-refractivity contribution in [3.8, 4) is 0 Å². The van der Waals surface area contributed by atoms with Gasteiger partial charge in [-0.15, -0.1) is 0 Å². The molecule has 0 bridgehead atoms. The van der Waals surface area contributed by atoms with Gasteiger partial charge in [-0.1, -0.05) is 30.3 Å². The lowest BCUT2D eigenvalue weighted by Crippen LogP contribution is -2.57. The zero-order valence-electron chi connectivity index (χ0n) is 13.8. The summed E-state index contributed by atoms with van der Waals surface area (Å²) in [5.74, 6) is -2.32. The molecule has 1 aromatic rings. The maximum atomic E-state index is 12.1. The van der Waals surface area contributed by atoms with Gasteiger partial charge >= 0.3 is 5.97 Å². The fourth-order valence-corrected chi connectivity index (χ4v) is 1.91. The van der Waals surface area contributed by atoms with Gasteiger partial charge < -0.3 is 31.3 Å². The third kappa shape index (κ3) is 6.87. The van der Waals surface area contributed by atoms with Gasteiger partial charge in [0.05, 0.1) is 19.3 Å². The summed E-state index contributed by atoms with van der Waals surface area (Å²) in [7, 11) is 0. The number of esters is 1. The molecule has 0 spiro atoms. The molecule has 0 saturated carbocycles. The molecule has 0 aromatic heterocycles. The van der Waals surface area contributed by atoms with E-state index in [9.17, 15) is 24.6 Å². The Bertz CT molecular complexity index is 578. The Hall–Kier alpha value is -2.49. The molecule has 9 heteroatoms. The van der Waals surface area contributed by atoms with Crippen molar-refractivity contribution in [3.63, 3.8) is 0 Å². The van der Waals surface area contributed by atoms with Crippen molar-refractivity contribution in [2.75, 3.05) is 13.2 Å². The van der Waals surface area contributed by atoms with Gasteiger partial charge in [-0.25, -0.2) is 4.79 Å². The molecule has 2 amide bonds. The molecule has 0 aliphatic rings. The molecular weight excluding hydrogens is 330 g/mol. The SMILES string of the molecule is C[C@@H](O)[C@H](NC(=O)CN)C(=O)N[C@@H](CO)C(=O)OCc1ccccc1. The van der Waals surface area contributed by atoms with Crippen molar-refractivity contribution in [3.05, 3.63) is 35.9 Å². The van der Waals surface area contributed by atoms with Crippen LogP contribution in [0.15, 0.2) is 30.3 Å². The van der Waals surface area contributed by atoms with Crippen molar-refractivity contribution in [2.45, 2.75) is 31.7 Å². The number of carbonyl (C=O) groups is 3. The molecule has 9 nitrogen and oxygen atoms in total. The molecule has 3 atom stereocenters. The molecule has 0 fully saturated rings. The summed E-state index contributed by atoms with van der Waals surface area (Å²) in [6.07, 6.45) is -1.23. The average Bonchev–Trinajstić information content (AvgIpc) is 2.62. The number of aliphatic hydroxyl groups is 2. The minimum Gasteiger partial charge on any atom is -0.459 e. The highest BCUT2D eigenvalue weighted by atomic mass is 16.5. The number of amides is 2. The Kier molecular flexibility index (Phi) is 8.54. The first-order valence-corrected chi connectivity index (χ1v) is 7.68. The first-order chi connectivity index (χ1) is 11.9. The third-order valence-electron chi connectivity index (χ3n) is 3.27. The highest BCUT2D eigenvalue weighted by molar-refractivity contribution is 5.91. The van der Waals surface area contributed by atoms with Crippen LogP contribution in [0.2, 0.25) is 0 Å². The Morgan fingerprint density at radius 1 is 1.20 bits per heavy atom. The van der Waals surface area contributed by atoms with Crippen LogP contribution < -0.4 is 16.4 Å². The van der Waals surface area contributed by atoms with E-state index < -0.39 is 42.6 Å². The second kappa shape index (κ2) is 10.4. The molecule has 0 heterocycles. The summed E-state index contributed by atoms with van der Waals surface area (Å²) in [6, 6.07) is 6.24. The van der Waals surface area contributed by atoms with E-state index in [0.717, 1.165) is 5.56 Å². The quantitative estimate of drug-likeness (QED) is 0.323. The van der Waals surface area contributed by atoms with E-state index >= 15 is 0 Å². The van der Waals surface area contributed by atoms with Crippen LogP contribution in [0.5, 0.6) is 0 Å². The maximum Gasteiger partial charge on any atom is 0.331 e. The minimum atomic E-state index is -1.33. The van der Waals surface area contributed by atoms with Crippen LogP contribution in [-0.2, 0) is 25.7 Å². The van der Waals surface area contributed by atoms with E-state index in [4.69, 9.17) is 10.5 Å². The van der Waals surface area contributed by atoms with Crippen LogP contribution in [0.3, 0.4) is 0 Å². The Morgan fingerprint density at radius 3 is 2.36 bits per heavy atom. The van der Waals surface area contributed by atoms with Gasteiger partial charge in [0.15, 0.2) is 6.04 Å². The van der Waals surface area contributed by atoms with Crippen molar-refractivity contribution < 1.29 is 29.3 Å². The zero-order valence-corrected chi connectivity index (χ0v) is 13.8. The van der Waals surface area contributed by atoms with Crippen LogP contribution in [0.1, 0.15) is 12.5 Å². The summed E-state index contributed by atoms with van der Waals surface area (Å²) in [5.41, 5.74) is 5.90. The van der Waals surface area contributed by atoms with Gasteiger partial charge in [0.1, 0.15) is 12.6 Å². The molecule has 0 saturated heterocycles. The van der Waals surface area contributed by atoms with Crippen LogP contribution in [0.4, 0.5) is 0 Å². The fourth-order valence-electron chi connectivity index (χ4n) is 1.91. The number of nitrogens with one attached hydrogen (secondary N) is 2. The number of nitrogens with two attached hydrogens (primary N) is 1. The first-order valence-electron chi connectivity index (χ1n) is 7.68. The second-order valence-corrected chi connectivity index (χ2v) is 5.33. The lowest BCUT2D eigenvalue weighted by molar-refractivity contribution is -0.150. The van der Waals surface area contributed by atoms with E-state index in [1.54, 1.807) is 24.3 Å². The average molecular weight is 353 g/mol. The van der Waals surface area contributed by atoms with Gasteiger partial charge in [0.2, 0.25) is 11.8 Å². The molecular formula is C16H23N3O6.